The first kappa shape index (κ1) is 15.3. The molecule has 1 heterocycles. The van der Waals surface area contributed by atoms with Crippen molar-refractivity contribution in [2.45, 2.75) is 25.9 Å². The second kappa shape index (κ2) is 7.57. The molecule has 0 bridgehead atoms. The van der Waals surface area contributed by atoms with Crippen LogP contribution < -0.4 is 0 Å². The van der Waals surface area contributed by atoms with Crippen LogP contribution in [0.1, 0.15) is 30.5 Å². The summed E-state index contributed by atoms with van der Waals surface area (Å²) in [6, 6.07) is 22.3. The summed E-state index contributed by atoms with van der Waals surface area (Å²) < 4.78 is 0. The second-order valence-corrected chi connectivity index (χ2v) is 6.13. The fourth-order valence-corrected chi connectivity index (χ4v) is 3.45. The highest BCUT2D eigenvalue weighted by Gasteiger charge is 2.23. The molecule has 2 nitrogen and oxygen atoms in total. The van der Waals surface area contributed by atoms with Gasteiger partial charge in [-0.1, -0.05) is 67.6 Å². The number of nitrogens with zero attached hydrogens (tertiary/aromatic N) is 2. The van der Waals surface area contributed by atoms with Crippen LogP contribution in [-0.2, 0) is 6.54 Å². The van der Waals surface area contributed by atoms with Crippen molar-refractivity contribution in [1.82, 2.24) is 9.80 Å². The van der Waals surface area contributed by atoms with Gasteiger partial charge in [-0.15, -0.1) is 0 Å². The van der Waals surface area contributed by atoms with Gasteiger partial charge in [0.25, 0.3) is 0 Å². The Hall–Kier alpha value is -1.64. The van der Waals surface area contributed by atoms with Crippen LogP contribution in [0.15, 0.2) is 60.7 Å². The Morgan fingerprint density at radius 2 is 1.41 bits per heavy atom. The summed E-state index contributed by atoms with van der Waals surface area (Å²) >= 11 is 0. The first-order valence-corrected chi connectivity index (χ1v) is 8.42. The van der Waals surface area contributed by atoms with Gasteiger partial charge in [-0.05, 0) is 17.5 Å². The first-order chi connectivity index (χ1) is 10.9. The number of rotatable bonds is 5. The molecule has 0 radical (unpaired) electrons. The zero-order valence-electron chi connectivity index (χ0n) is 13.5. The summed E-state index contributed by atoms with van der Waals surface area (Å²) in [6.07, 6.45) is 1.18. The van der Waals surface area contributed by atoms with E-state index in [2.05, 4.69) is 77.4 Å². The highest BCUT2D eigenvalue weighted by molar-refractivity contribution is 5.19. The maximum atomic E-state index is 2.65. The van der Waals surface area contributed by atoms with Crippen molar-refractivity contribution in [1.29, 1.82) is 0 Å². The quantitative estimate of drug-likeness (QED) is 0.823. The van der Waals surface area contributed by atoms with Crippen LogP contribution >= 0.6 is 0 Å². The maximum Gasteiger partial charge on any atom is 0.0346 e. The smallest absolute Gasteiger partial charge is 0.0346 e. The van der Waals surface area contributed by atoms with Crippen molar-refractivity contribution in [3.63, 3.8) is 0 Å². The van der Waals surface area contributed by atoms with Crippen molar-refractivity contribution in [2.75, 3.05) is 26.2 Å². The lowest BCUT2D eigenvalue weighted by Crippen LogP contribution is -2.47. The fourth-order valence-electron chi connectivity index (χ4n) is 3.45. The molecule has 0 spiro atoms. The van der Waals surface area contributed by atoms with E-state index in [1.54, 1.807) is 0 Å². The Morgan fingerprint density at radius 3 is 2.00 bits per heavy atom. The lowest BCUT2D eigenvalue weighted by molar-refractivity contribution is 0.0896. The molecule has 0 amide bonds. The summed E-state index contributed by atoms with van der Waals surface area (Å²) in [5, 5.41) is 0. The molecule has 1 atom stereocenters. The molecule has 1 aliphatic heterocycles. The number of hydrogen-bond acceptors (Lipinski definition) is 2. The summed E-state index contributed by atoms with van der Waals surface area (Å²) in [4.78, 5) is 5.22. The van der Waals surface area contributed by atoms with Gasteiger partial charge in [0.05, 0.1) is 0 Å². The predicted octanol–water partition coefficient (Wildman–Crippen LogP) is 3.96. The number of piperazine rings is 1. The highest BCUT2D eigenvalue weighted by atomic mass is 15.3. The highest BCUT2D eigenvalue weighted by Crippen LogP contribution is 2.25. The Labute approximate surface area is 134 Å². The minimum atomic E-state index is 0.570. The SMILES string of the molecule is CCC(c1ccccc1)N1CCN(Cc2ccccc2)CC1. The topological polar surface area (TPSA) is 6.48 Å². The Kier molecular flexibility index (Phi) is 5.25. The van der Waals surface area contributed by atoms with Crippen LogP contribution in [0.2, 0.25) is 0 Å². The van der Waals surface area contributed by atoms with E-state index in [0.717, 1.165) is 19.6 Å². The largest absolute Gasteiger partial charge is 0.297 e. The van der Waals surface area contributed by atoms with Crippen LogP contribution in [0.3, 0.4) is 0 Å². The van der Waals surface area contributed by atoms with Gasteiger partial charge >= 0.3 is 0 Å². The fraction of sp³-hybridized carbons (Fsp3) is 0.400. The summed E-state index contributed by atoms with van der Waals surface area (Å²) in [5.74, 6) is 0. The normalized spacial score (nSPS) is 18.2. The van der Waals surface area contributed by atoms with E-state index >= 15 is 0 Å². The molecule has 2 aromatic carbocycles. The van der Waals surface area contributed by atoms with Crippen molar-refractivity contribution in [3.8, 4) is 0 Å². The third kappa shape index (κ3) is 3.76. The summed E-state index contributed by atoms with van der Waals surface area (Å²) in [7, 11) is 0. The van der Waals surface area contributed by atoms with Gasteiger partial charge in [0.1, 0.15) is 0 Å². The molecule has 116 valence electrons. The van der Waals surface area contributed by atoms with Crippen LogP contribution in [0.4, 0.5) is 0 Å². The second-order valence-electron chi connectivity index (χ2n) is 6.13. The van der Waals surface area contributed by atoms with Crippen molar-refractivity contribution in [2.24, 2.45) is 0 Å². The number of hydrogen-bond donors (Lipinski definition) is 0. The molecule has 1 fully saturated rings. The lowest BCUT2D eigenvalue weighted by atomic mass is 10.0. The minimum Gasteiger partial charge on any atom is -0.297 e. The van der Waals surface area contributed by atoms with E-state index in [4.69, 9.17) is 0 Å². The molecule has 2 heteroatoms. The van der Waals surface area contributed by atoms with Crippen LogP contribution in [-0.4, -0.2) is 36.0 Å². The standard InChI is InChI=1S/C20H26N2/c1-2-20(19-11-7-4-8-12-19)22-15-13-21(14-16-22)17-18-9-5-3-6-10-18/h3-12,20H,2,13-17H2,1H3. The molecular formula is C20H26N2. The Balaban J connectivity index is 1.57. The summed E-state index contributed by atoms with van der Waals surface area (Å²) in [5.41, 5.74) is 2.88. The average molecular weight is 294 g/mol. The lowest BCUT2D eigenvalue weighted by Gasteiger charge is -2.39. The zero-order valence-corrected chi connectivity index (χ0v) is 13.5. The third-order valence-electron chi connectivity index (χ3n) is 4.67. The van der Waals surface area contributed by atoms with Crippen LogP contribution in [0.5, 0.6) is 0 Å². The van der Waals surface area contributed by atoms with Gasteiger partial charge in [-0.2, -0.15) is 0 Å². The molecule has 0 aliphatic carbocycles. The average Bonchev–Trinajstić information content (AvgIpc) is 2.59. The molecule has 1 saturated heterocycles. The van der Waals surface area contributed by atoms with Gasteiger partial charge in [-0.3, -0.25) is 9.80 Å². The molecule has 22 heavy (non-hydrogen) atoms. The summed E-state index contributed by atoms with van der Waals surface area (Å²) in [6.45, 7) is 8.04. The van der Waals surface area contributed by atoms with Crippen molar-refractivity contribution >= 4 is 0 Å². The third-order valence-corrected chi connectivity index (χ3v) is 4.67. The van der Waals surface area contributed by atoms with Gasteiger partial charge in [-0.25, -0.2) is 0 Å². The minimum absolute atomic E-state index is 0.570. The molecule has 0 saturated carbocycles. The maximum absolute atomic E-state index is 2.65. The van der Waals surface area contributed by atoms with Crippen LogP contribution in [0, 0.1) is 0 Å². The molecule has 1 aliphatic rings. The van der Waals surface area contributed by atoms with E-state index in [0.29, 0.717) is 6.04 Å². The van der Waals surface area contributed by atoms with Crippen molar-refractivity contribution in [3.05, 3.63) is 71.8 Å². The van der Waals surface area contributed by atoms with Gasteiger partial charge < -0.3 is 0 Å². The Morgan fingerprint density at radius 1 is 0.818 bits per heavy atom. The Bertz CT molecular complexity index is 544. The molecule has 0 N–H and O–H groups in total. The van der Waals surface area contributed by atoms with E-state index in [-0.39, 0.29) is 0 Å². The van der Waals surface area contributed by atoms with Gasteiger partial charge in [0.15, 0.2) is 0 Å². The van der Waals surface area contributed by atoms with E-state index < -0.39 is 0 Å². The first-order valence-electron chi connectivity index (χ1n) is 8.42. The molecule has 1 unspecified atom stereocenters. The van der Waals surface area contributed by atoms with E-state index in [9.17, 15) is 0 Å². The van der Waals surface area contributed by atoms with Crippen molar-refractivity contribution < 1.29 is 0 Å². The van der Waals surface area contributed by atoms with Gasteiger partial charge in [0.2, 0.25) is 0 Å². The van der Waals surface area contributed by atoms with E-state index in [1.165, 1.54) is 30.6 Å². The molecule has 2 aromatic rings. The molecule has 3 rings (SSSR count). The number of benzene rings is 2. The van der Waals surface area contributed by atoms with Gasteiger partial charge in [0, 0.05) is 38.8 Å². The predicted molar refractivity (Wildman–Crippen MR) is 92.8 cm³/mol. The zero-order chi connectivity index (χ0) is 15.2. The van der Waals surface area contributed by atoms with E-state index in [1.807, 2.05) is 0 Å². The van der Waals surface area contributed by atoms with Crippen LogP contribution in [0.25, 0.3) is 0 Å². The molecule has 0 aromatic heterocycles. The monoisotopic (exact) mass is 294 g/mol. The molecular weight excluding hydrogens is 268 g/mol.